The van der Waals surface area contributed by atoms with Crippen molar-refractivity contribution in [3.63, 3.8) is 0 Å². The Labute approximate surface area is 226 Å². The average molecular weight is 544 g/mol. The number of ether oxygens (including phenoxy) is 2. The molecule has 1 aliphatic carbocycles. The number of methoxy groups -OCH3 is 2. The normalized spacial score (nSPS) is 17.3. The number of aryl methyl sites for hydroxylation is 1. The molecule has 3 aromatic rings. The van der Waals surface area contributed by atoms with Gasteiger partial charge < -0.3 is 20.1 Å². The predicted molar refractivity (Wildman–Crippen MR) is 150 cm³/mol. The first kappa shape index (κ1) is 26.8. The summed E-state index contributed by atoms with van der Waals surface area (Å²) in [5.41, 5.74) is 1.68. The van der Waals surface area contributed by atoms with Gasteiger partial charge in [0.05, 0.1) is 29.8 Å². The van der Waals surface area contributed by atoms with E-state index in [1.165, 1.54) is 14.2 Å². The lowest BCUT2D eigenvalue weighted by molar-refractivity contribution is 0.365. The van der Waals surface area contributed by atoms with Crippen molar-refractivity contribution < 1.29 is 9.47 Å². The van der Waals surface area contributed by atoms with E-state index in [2.05, 4.69) is 28.8 Å². The second-order valence-electron chi connectivity index (χ2n) is 8.88. The highest BCUT2D eigenvalue weighted by Gasteiger charge is 2.26. The van der Waals surface area contributed by atoms with Crippen molar-refractivity contribution in [3.05, 3.63) is 63.7 Å². The highest BCUT2D eigenvalue weighted by atomic mass is 35.5. The zero-order chi connectivity index (χ0) is 26.7. The summed E-state index contributed by atoms with van der Waals surface area (Å²) in [6.07, 6.45) is 7.64. The van der Waals surface area contributed by atoms with Crippen LogP contribution in [0.5, 0.6) is 11.5 Å². The summed E-state index contributed by atoms with van der Waals surface area (Å²) in [7, 11) is 2.98. The smallest absolute Gasteiger partial charge is 0.260 e. The maximum absolute atomic E-state index is 13.7. The molecule has 0 bridgehead atoms. The fourth-order valence-electron chi connectivity index (χ4n) is 4.76. The van der Waals surface area contributed by atoms with E-state index in [1.54, 1.807) is 29.0 Å². The minimum absolute atomic E-state index is 0.117. The van der Waals surface area contributed by atoms with Crippen LogP contribution in [0, 0.1) is 0 Å². The molecule has 4 rings (SSSR count). The number of halogens is 2. The van der Waals surface area contributed by atoms with Gasteiger partial charge in [0.25, 0.3) is 5.56 Å². The van der Waals surface area contributed by atoms with Gasteiger partial charge in [-0.15, -0.1) is 0 Å². The second kappa shape index (κ2) is 11.4. The van der Waals surface area contributed by atoms with Crippen molar-refractivity contribution in [1.82, 2.24) is 19.9 Å². The van der Waals surface area contributed by atoms with Gasteiger partial charge in [0.1, 0.15) is 17.1 Å². The molecule has 0 spiro atoms. The molecule has 8 nitrogen and oxygen atoms in total. The minimum Gasteiger partial charge on any atom is -0.495 e. The van der Waals surface area contributed by atoms with Crippen LogP contribution in [0.25, 0.3) is 22.2 Å². The molecule has 10 heteroatoms. The van der Waals surface area contributed by atoms with Gasteiger partial charge in [0.2, 0.25) is 5.95 Å². The first-order valence-electron chi connectivity index (χ1n) is 12.2. The Hall–Kier alpha value is -3.23. The van der Waals surface area contributed by atoms with Gasteiger partial charge in [-0.2, -0.15) is 4.98 Å². The molecule has 1 fully saturated rings. The van der Waals surface area contributed by atoms with Crippen LogP contribution in [0.4, 0.5) is 5.95 Å². The van der Waals surface area contributed by atoms with Crippen LogP contribution in [0.15, 0.2) is 48.1 Å². The maximum Gasteiger partial charge on any atom is 0.260 e. The number of aromatic nitrogens is 3. The topological polar surface area (TPSA) is 90.3 Å². The van der Waals surface area contributed by atoms with Crippen LogP contribution in [-0.2, 0) is 6.54 Å². The molecule has 0 aliphatic heterocycles. The van der Waals surface area contributed by atoms with Crippen molar-refractivity contribution >= 4 is 40.2 Å². The highest BCUT2D eigenvalue weighted by molar-refractivity contribution is 6.41. The van der Waals surface area contributed by atoms with Crippen molar-refractivity contribution in [2.24, 2.45) is 0 Å². The summed E-state index contributed by atoms with van der Waals surface area (Å²) < 4.78 is 12.4. The first-order valence-corrected chi connectivity index (χ1v) is 12.9. The molecule has 2 heterocycles. The molecule has 37 heavy (non-hydrogen) atoms. The number of hydrogen-bond acceptors (Lipinski definition) is 7. The van der Waals surface area contributed by atoms with E-state index >= 15 is 0 Å². The van der Waals surface area contributed by atoms with Crippen LogP contribution in [-0.4, -0.2) is 40.8 Å². The van der Waals surface area contributed by atoms with Gasteiger partial charge in [-0.25, -0.2) is 4.98 Å². The van der Waals surface area contributed by atoms with Crippen LogP contribution in [0.1, 0.15) is 32.6 Å². The number of benzene rings is 1. The zero-order valence-corrected chi connectivity index (χ0v) is 22.7. The predicted octanol–water partition coefficient (Wildman–Crippen LogP) is 5.81. The maximum atomic E-state index is 13.7. The Morgan fingerprint density at radius 2 is 1.81 bits per heavy atom. The van der Waals surface area contributed by atoms with Crippen molar-refractivity contribution in [3.8, 4) is 22.6 Å². The molecule has 0 unspecified atom stereocenters. The summed E-state index contributed by atoms with van der Waals surface area (Å²) in [4.78, 5) is 23.0. The minimum atomic E-state index is -0.279. The fraction of sp³-hybridized carbons (Fsp3) is 0.370. The molecular weight excluding hydrogens is 513 g/mol. The van der Waals surface area contributed by atoms with E-state index in [-0.39, 0.29) is 27.7 Å². The third kappa shape index (κ3) is 5.26. The van der Waals surface area contributed by atoms with Crippen LogP contribution < -0.4 is 25.7 Å². The number of hydrogen-bond donors (Lipinski definition) is 2. The lowest BCUT2D eigenvalue weighted by atomic mass is 9.90. The summed E-state index contributed by atoms with van der Waals surface area (Å²) in [5.74, 6) is 1.17. The zero-order valence-electron chi connectivity index (χ0n) is 21.2. The van der Waals surface area contributed by atoms with Crippen molar-refractivity contribution in [2.75, 3.05) is 19.5 Å². The molecule has 1 saturated carbocycles. The molecule has 0 amide bonds. The van der Waals surface area contributed by atoms with E-state index in [4.69, 9.17) is 37.7 Å². The van der Waals surface area contributed by atoms with Gasteiger partial charge in [0.15, 0.2) is 0 Å². The first-order chi connectivity index (χ1) is 17.8. The Morgan fingerprint density at radius 3 is 2.41 bits per heavy atom. The Balaban J connectivity index is 1.79. The second-order valence-corrected chi connectivity index (χ2v) is 9.64. The van der Waals surface area contributed by atoms with Crippen molar-refractivity contribution in [1.29, 1.82) is 0 Å². The molecule has 2 N–H and O–H groups in total. The third-order valence-corrected chi connectivity index (χ3v) is 7.43. The molecule has 1 aliphatic rings. The summed E-state index contributed by atoms with van der Waals surface area (Å²) >= 11 is 13.2. The van der Waals surface area contributed by atoms with E-state index in [1.807, 2.05) is 6.92 Å². The number of nitrogens with zero attached hydrogens (tertiary/aromatic N) is 3. The number of fused-ring (bicyclic) bond motifs is 1. The molecule has 0 saturated heterocycles. The lowest BCUT2D eigenvalue weighted by Crippen LogP contribution is -2.45. The third-order valence-electron chi connectivity index (χ3n) is 6.68. The largest absolute Gasteiger partial charge is 0.495 e. The van der Waals surface area contributed by atoms with Gasteiger partial charge in [-0.1, -0.05) is 49.2 Å². The Bertz CT molecular complexity index is 1380. The highest BCUT2D eigenvalue weighted by Crippen LogP contribution is 2.45. The van der Waals surface area contributed by atoms with Gasteiger partial charge in [0, 0.05) is 47.5 Å². The number of nitrogens with one attached hydrogen (secondary N) is 2. The fourth-order valence-corrected chi connectivity index (χ4v) is 5.47. The molecule has 2 atom stereocenters. The quantitative estimate of drug-likeness (QED) is 0.329. The molecule has 0 radical (unpaired) electrons. The van der Waals surface area contributed by atoms with Crippen LogP contribution in [0.3, 0.4) is 0 Å². The summed E-state index contributed by atoms with van der Waals surface area (Å²) in [6, 6.07) is 3.60. The van der Waals surface area contributed by atoms with Crippen LogP contribution >= 0.6 is 23.2 Å². The van der Waals surface area contributed by atoms with Crippen molar-refractivity contribution in [2.45, 2.75) is 51.2 Å². The van der Waals surface area contributed by atoms with E-state index in [0.29, 0.717) is 46.2 Å². The monoisotopic (exact) mass is 543 g/mol. The number of anilines is 1. The number of pyridine rings is 1. The molecule has 196 valence electrons. The number of rotatable bonds is 9. The van der Waals surface area contributed by atoms with Gasteiger partial charge >= 0.3 is 0 Å². The Morgan fingerprint density at radius 1 is 1.16 bits per heavy atom. The summed E-state index contributed by atoms with van der Waals surface area (Å²) in [5, 5.41) is 8.02. The number of allylic oxidation sites excluding steroid dienone is 1. The Kier molecular flexibility index (Phi) is 8.29. The average Bonchev–Trinajstić information content (AvgIpc) is 2.90. The standard InChI is InChI=1S/C27H31Cl2N5O3/c1-6-15(3)31-18-10-8-9-11-19(18)32-27-30-14-16-12-17(26(35)34(7-2)25(16)33-27)22-23(28)20(36-4)13-21(37-5)24(22)29/h6,12-14,18-19,31H,1,3,7-11H2,2,4-5H3,(H,30,32,33)/t18-,19+/m0/s1. The van der Waals surface area contributed by atoms with E-state index in [9.17, 15) is 4.79 Å². The lowest BCUT2D eigenvalue weighted by Gasteiger charge is -2.33. The van der Waals surface area contributed by atoms with Gasteiger partial charge in [-0.3, -0.25) is 9.36 Å². The SMILES string of the molecule is C=CC(=C)N[C@H]1CCCC[C@H]1Nc1ncc2cc(-c3c(Cl)c(OC)cc(OC)c3Cl)c(=O)n(CC)c2n1. The van der Waals surface area contributed by atoms with E-state index in [0.717, 1.165) is 31.4 Å². The molecular formula is C27H31Cl2N5O3. The van der Waals surface area contributed by atoms with Crippen LogP contribution in [0.2, 0.25) is 10.0 Å². The van der Waals surface area contributed by atoms with Gasteiger partial charge in [-0.05, 0) is 31.9 Å². The van der Waals surface area contributed by atoms with E-state index < -0.39 is 0 Å². The molecule has 2 aromatic heterocycles. The summed E-state index contributed by atoms with van der Waals surface area (Å²) in [6.45, 7) is 10.1. The molecule has 1 aromatic carbocycles.